The minimum atomic E-state index is -0.266. The molecule has 18 heavy (non-hydrogen) atoms. The summed E-state index contributed by atoms with van der Waals surface area (Å²) in [6.45, 7) is 6.07. The minimum absolute atomic E-state index is 0.0655. The molecule has 6 nitrogen and oxygen atoms in total. The van der Waals surface area contributed by atoms with Crippen molar-refractivity contribution in [3.8, 4) is 0 Å². The second-order valence-corrected chi connectivity index (χ2v) is 5.27. The van der Waals surface area contributed by atoms with Gasteiger partial charge in [-0.3, -0.25) is 5.32 Å². The maximum atomic E-state index is 11.6. The quantitative estimate of drug-likeness (QED) is 0.869. The number of ether oxygens (including phenoxy) is 2. The lowest BCUT2D eigenvalue weighted by molar-refractivity contribution is -0.0852. The van der Waals surface area contributed by atoms with Crippen LogP contribution in [0.25, 0.3) is 0 Å². The van der Waals surface area contributed by atoms with Gasteiger partial charge in [0.1, 0.15) is 0 Å². The Hall–Kier alpha value is -1.18. The highest BCUT2D eigenvalue weighted by Crippen LogP contribution is 2.20. The first-order valence-electron chi connectivity index (χ1n) is 5.83. The number of amides is 2. The van der Waals surface area contributed by atoms with Crippen molar-refractivity contribution in [2.24, 2.45) is 0 Å². The number of carbonyl (C=O) groups is 1. The van der Waals surface area contributed by atoms with Crippen molar-refractivity contribution >= 4 is 22.5 Å². The van der Waals surface area contributed by atoms with E-state index in [4.69, 9.17) is 9.47 Å². The maximum Gasteiger partial charge on any atom is 0.321 e. The van der Waals surface area contributed by atoms with E-state index in [1.165, 1.54) is 11.3 Å². The third-order valence-electron chi connectivity index (χ3n) is 2.62. The second-order valence-electron chi connectivity index (χ2n) is 4.06. The normalized spacial score (nSPS) is 19.6. The number of aryl methyl sites for hydroxylation is 2. The smallest absolute Gasteiger partial charge is 0.321 e. The standard InChI is InChI=1S/C11H17N3O3S/c1-7-8(2)18-11(13-7)14-10(15)12-5-9-6-16-3-4-17-9/h9H,3-6H2,1-2H3,(H2,12,13,14,15). The van der Waals surface area contributed by atoms with Crippen molar-refractivity contribution in [2.45, 2.75) is 20.0 Å². The van der Waals surface area contributed by atoms with Crippen LogP contribution in [0.5, 0.6) is 0 Å². The predicted octanol–water partition coefficient (Wildman–Crippen LogP) is 1.30. The predicted molar refractivity (Wildman–Crippen MR) is 69.2 cm³/mol. The summed E-state index contributed by atoms with van der Waals surface area (Å²) in [4.78, 5) is 17.0. The van der Waals surface area contributed by atoms with Crippen LogP contribution in [-0.2, 0) is 9.47 Å². The van der Waals surface area contributed by atoms with Crippen molar-refractivity contribution in [2.75, 3.05) is 31.7 Å². The molecule has 0 saturated carbocycles. The van der Waals surface area contributed by atoms with Crippen LogP contribution in [0.3, 0.4) is 0 Å². The molecule has 2 N–H and O–H groups in total. The SMILES string of the molecule is Cc1nc(NC(=O)NCC2COCCO2)sc1C. The van der Waals surface area contributed by atoms with Crippen molar-refractivity contribution < 1.29 is 14.3 Å². The van der Waals surface area contributed by atoms with Gasteiger partial charge in [-0.25, -0.2) is 9.78 Å². The number of aromatic nitrogens is 1. The third-order valence-corrected chi connectivity index (χ3v) is 3.61. The molecule has 1 aliphatic heterocycles. The molecule has 0 radical (unpaired) electrons. The zero-order chi connectivity index (χ0) is 13.0. The van der Waals surface area contributed by atoms with Crippen LogP contribution in [-0.4, -0.2) is 43.5 Å². The molecule has 1 aliphatic rings. The molecule has 1 aromatic heterocycles. The van der Waals surface area contributed by atoms with Gasteiger partial charge in [0.15, 0.2) is 5.13 Å². The highest BCUT2D eigenvalue weighted by Gasteiger charge is 2.15. The van der Waals surface area contributed by atoms with Gasteiger partial charge in [0.2, 0.25) is 0 Å². The Kier molecular flexibility index (Phi) is 4.51. The van der Waals surface area contributed by atoms with E-state index < -0.39 is 0 Å². The fourth-order valence-electron chi connectivity index (χ4n) is 1.53. The Bertz CT molecular complexity index is 396. The van der Waals surface area contributed by atoms with E-state index in [-0.39, 0.29) is 12.1 Å². The Balaban J connectivity index is 1.74. The van der Waals surface area contributed by atoms with Gasteiger partial charge in [-0.2, -0.15) is 0 Å². The molecule has 0 spiro atoms. The number of hydrogen-bond acceptors (Lipinski definition) is 5. The van der Waals surface area contributed by atoms with Gasteiger partial charge in [-0.1, -0.05) is 0 Å². The molecule has 1 unspecified atom stereocenters. The lowest BCUT2D eigenvalue weighted by Gasteiger charge is -2.22. The Morgan fingerprint density at radius 2 is 2.33 bits per heavy atom. The molecule has 1 aromatic rings. The second kappa shape index (κ2) is 6.12. The Morgan fingerprint density at radius 3 is 2.94 bits per heavy atom. The van der Waals surface area contributed by atoms with Crippen LogP contribution in [0.15, 0.2) is 0 Å². The van der Waals surface area contributed by atoms with Crippen molar-refractivity contribution in [3.63, 3.8) is 0 Å². The van der Waals surface area contributed by atoms with Gasteiger partial charge in [-0.05, 0) is 13.8 Å². The number of carbonyl (C=O) groups excluding carboxylic acids is 1. The highest BCUT2D eigenvalue weighted by molar-refractivity contribution is 7.15. The molecule has 1 atom stereocenters. The monoisotopic (exact) mass is 271 g/mol. The van der Waals surface area contributed by atoms with Gasteiger partial charge < -0.3 is 14.8 Å². The number of hydrogen-bond donors (Lipinski definition) is 2. The summed E-state index contributed by atoms with van der Waals surface area (Å²) < 4.78 is 10.7. The number of anilines is 1. The summed E-state index contributed by atoms with van der Waals surface area (Å²) in [5.74, 6) is 0. The first-order valence-corrected chi connectivity index (χ1v) is 6.65. The molecule has 2 heterocycles. The molecule has 2 rings (SSSR count). The van der Waals surface area contributed by atoms with Crippen molar-refractivity contribution in [3.05, 3.63) is 10.6 Å². The van der Waals surface area contributed by atoms with Gasteiger partial charge in [0.25, 0.3) is 0 Å². The zero-order valence-electron chi connectivity index (χ0n) is 10.5. The highest BCUT2D eigenvalue weighted by atomic mass is 32.1. The van der Waals surface area contributed by atoms with Gasteiger partial charge in [0.05, 0.1) is 31.6 Å². The first kappa shape index (κ1) is 13.3. The fourth-order valence-corrected chi connectivity index (χ4v) is 2.34. The van der Waals surface area contributed by atoms with Crippen molar-refractivity contribution in [1.82, 2.24) is 10.3 Å². The van der Waals surface area contributed by atoms with E-state index in [2.05, 4.69) is 15.6 Å². The third kappa shape index (κ3) is 3.66. The van der Waals surface area contributed by atoms with Crippen LogP contribution < -0.4 is 10.6 Å². The van der Waals surface area contributed by atoms with Crippen molar-refractivity contribution in [1.29, 1.82) is 0 Å². The van der Waals surface area contributed by atoms with Crippen LogP contribution in [0, 0.1) is 13.8 Å². The van der Waals surface area contributed by atoms with E-state index in [1.807, 2.05) is 13.8 Å². The first-order chi connectivity index (χ1) is 8.65. The van der Waals surface area contributed by atoms with Gasteiger partial charge in [0, 0.05) is 11.4 Å². The number of urea groups is 1. The Morgan fingerprint density at radius 1 is 1.50 bits per heavy atom. The lowest BCUT2D eigenvalue weighted by atomic mass is 10.3. The summed E-state index contributed by atoms with van der Waals surface area (Å²) in [5.41, 5.74) is 0.944. The average Bonchev–Trinajstić information content (AvgIpc) is 2.67. The summed E-state index contributed by atoms with van der Waals surface area (Å²) in [6.07, 6.45) is -0.0655. The largest absolute Gasteiger partial charge is 0.376 e. The summed E-state index contributed by atoms with van der Waals surface area (Å²) in [7, 11) is 0. The molecule has 1 fully saturated rings. The number of thiazole rings is 1. The van der Waals surface area contributed by atoms with Crippen LogP contribution in [0.4, 0.5) is 9.93 Å². The fraction of sp³-hybridized carbons (Fsp3) is 0.636. The summed E-state index contributed by atoms with van der Waals surface area (Å²) in [5, 5.41) is 6.06. The Labute approximate surface area is 110 Å². The summed E-state index contributed by atoms with van der Waals surface area (Å²) >= 11 is 1.47. The summed E-state index contributed by atoms with van der Waals surface area (Å²) in [6, 6.07) is -0.266. The van der Waals surface area contributed by atoms with E-state index in [9.17, 15) is 4.79 Å². The van der Waals surface area contributed by atoms with Crippen LogP contribution in [0.2, 0.25) is 0 Å². The molecule has 1 saturated heterocycles. The van der Waals surface area contributed by atoms with E-state index in [1.54, 1.807) is 0 Å². The number of rotatable bonds is 3. The van der Waals surface area contributed by atoms with Gasteiger partial charge in [-0.15, -0.1) is 11.3 Å². The molecular weight excluding hydrogens is 254 g/mol. The van der Waals surface area contributed by atoms with Crippen LogP contribution in [0.1, 0.15) is 10.6 Å². The van der Waals surface area contributed by atoms with E-state index in [0.29, 0.717) is 31.5 Å². The zero-order valence-corrected chi connectivity index (χ0v) is 11.3. The maximum absolute atomic E-state index is 11.6. The molecule has 2 amide bonds. The molecule has 100 valence electrons. The topological polar surface area (TPSA) is 72.5 Å². The lowest BCUT2D eigenvalue weighted by Crippen LogP contribution is -2.41. The molecule has 0 aromatic carbocycles. The van der Waals surface area contributed by atoms with Gasteiger partial charge >= 0.3 is 6.03 Å². The average molecular weight is 271 g/mol. The number of nitrogens with zero attached hydrogens (tertiary/aromatic N) is 1. The molecular formula is C11H17N3O3S. The van der Waals surface area contributed by atoms with E-state index >= 15 is 0 Å². The van der Waals surface area contributed by atoms with Crippen LogP contribution >= 0.6 is 11.3 Å². The number of nitrogens with one attached hydrogen (secondary N) is 2. The minimum Gasteiger partial charge on any atom is -0.376 e. The van der Waals surface area contributed by atoms with E-state index in [0.717, 1.165) is 10.6 Å². The molecule has 0 aliphatic carbocycles. The molecule has 7 heteroatoms. The molecule has 0 bridgehead atoms.